The van der Waals surface area contributed by atoms with E-state index in [1.165, 1.54) is 6.07 Å². The van der Waals surface area contributed by atoms with Crippen molar-refractivity contribution in [2.24, 2.45) is 0 Å². The fourth-order valence-electron chi connectivity index (χ4n) is 1.72. The molecule has 132 valence electrons. The van der Waals surface area contributed by atoms with Crippen LogP contribution >= 0.6 is 62.1 Å². The maximum absolute atomic E-state index is 12.8. The van der Waals surface area contributed by atoms with E-state index in [1.807, 2.05) is 0 Å². The van der Waals surface area contributed by atoms with Crippen LogP contribution in [0.15, 0.2) is 27.6 Å². The van der Waals surface area contributed by atoms with Crippen molar-refractivity contribution in [2.45, 2.75) is 17.6 Å². The molecule has 2 rings (SSSR count). The molecule has 0 radical (unpaired) electrons. The molecule has 0 saturated carbocycles. The molecule has 0 amide bonds. The van der Waals surface area contributed by atoms with Gasteiger partial charge < -0.3 is 0 Å². The van der Waals surface area contributed by atoms with Gasteiger partial charge in [-0.25, -0.2) is 13.1 Å². The largest absolute Gasteiger partial charge is 0.417 e. The molecule has 1 aromatic heterocycles. The minimum atomic E-state index is -4.64. The Balaban J connectivity index is 2.28. The van der Waals surface area contributed by atoms with Gasteiger partial charge in [-0.1, -0.05) is 40.9 Å². The lowest BCUT2D eigenvalue weighted by molar-refractivity contribution is -0.137. The number of halogens is 7. The molecule has 0 atom stereocenters. The second-order valence-electron chi connectivity index (χ2n) is 4.43. The van der Waals surface area contributed by atoms with Crippen molar-refractivity contribution in [2.75, 3.05) is 0 Å². The standard InChI is InChI=1S/C12H6BrCl3F3NO2S2/c13-8-9(11(16)23-10(8)15)24(21,22)20-4-5-1-2-7(14)6(3-5)12(17,18)19/h1-3,20H,4H2. The monoisotopic (exact) mass is 501 g/mol. The summed E-state index contributed by atoms with van der Waals surface area (Å²) in [5.41, 5.74) is -0.956. The zero-order valence-corrected chi connectivity index (χ0v) is 16.7. The van der Waals surface area contributed by atoms with Crippen LogP contribution in [-0.2, 0) is 22.7 Å². The first-order valence-corrected chi connectivity index (χ1v) is 10.1. The molecular formula is C12H6BrCl3F3NO2S2. The molecule has 3 nitrogen and oxygen atoms in total. The van der Waals surface area contributed by atoms with Crippen LogP contribution in [-0.4, -0.2) is 8.42 Å². The van der Waals surface area contributed by atoms with E-state index in [4.69, 9.17) is 34.8 Å². The predicted octanol–water partition coefficient (Wildman–Crippen LogP) is 5.97. The predicted molar refractivity (Wildman–Crippen MR) is 92.5 cm³/mol. The smallest absolute Gasteiger partial charge is 0.207 e. The van der Waals surface area contributed by atoms with E-state index >= 15 is 0 Å². The van der Waals surface area contributed by atoms with Crippen LogP contribution in [0.4, 0.5) is 13.2 Å². The molecule has 0 bridgehead atoms. The van der Waals surface area contributed by atoms with Crippen LogP contribution in [0.1, 0.15) is 11.1 Å². The molecule has 1 heterocycles. The third-order valence-electron chi connectivity index (χ3n) is 2.80. The van der Waals surface area contributed by atoms with Gasteiger partial charge in [0.1, 0.15) is 13.6 Å². The van der Waals surface area contributed by atoms with Crippen molar-refractivity contribution in [1.29, 1.82) is 0 Å². The van der Waals surface area contributed by atoms with Gasteiger partial charge in [0.2, 0.25) is 10.0 Å². The first-order chi connectivity index (χ1) is 10.9. The quantitative estimate of drug-likeness (QED) is 0.559. The average Bonchev–Trinajstić information content (AvgIpc) is 2.70. The third-order valence-corrected chi connectivity index (χ3v) is 8.00. The zero-order valence-electron chi connectivity index (χ0n) is 11.2. The van der Waals surface area contributed by atoms with Gasteiger partial charge in [0, 0.05) is 6.54 Å². The molecule has 0 aliphatic carbocycles. The minimum Gasteiger partial charge on any atom is -0.207 e. The molecule has 0 fully saturated rings. The lowest BCUT2D eigenvalue weighted by Gasteiger charge is -2.12. The summed E-state index contributed by atoms with van der Waals surface area (Å²) in [5, 5.41) is -0.468. The summed E-state index contributed by atoms with van der Waals surface area (Å²) in [6.07, 6.45) is -4.64. The summed E-state index contributed by atoms with van der Waals surface area (Å²) < 4.78 is 65.4. The van der Waals surface area contributed by atoms with Gasteiger partial charge in [-0.3, -0.25) is 0 Å². The van der Waals surface area contributed by atoms with Gasteiger partial charge in [0.05, 0.1) is 15.1 Å². The average molecular weight is 504 g/mol. The van der Waals surface area contributed by atoms with Gasteiger partial charge in [0.15, 0.2) is 0 Å². The maximum atomic E-state index is 12.8. The van der Waals surface area contributed by atoms with E-state index in [1.54, 1.807) is 0 Å². The lowest BCUT2D eigenvalue weighted by atomic mass is 10.1. The van der Waals surface area contributed by atoms with Crippen LogP contribution in [0, 0.1) is 0 Å². The molecule has 0 spiro atoms. The number of hydrogen-bond acceptors (Lipinski definition) is 3. The molecule has 0 unspecified atom stereocenters. The van der Waals surface area contributed by atoms with E-state index in [0.29, 0.717) is 0 Å². The van der Waals surface area contributed by atoms with Crippen LogP contribution < -0.4 is 4.72 Å². The van der Waals surface area contributed by atoms with Crippen molar-refractivity contribution in [3.63, 3.8) is 0 Å². The first-order valence-electron chi connectivity index (χ1n) is 5.92. The molecule has 24 heavy (non-hydrogen) atoms. The fraction of sp³-hybridized carbons (Fsp3) is 0.167. The van der Waals surface area contributed by atoms with Gasteiger partial charge in [-0.05, 0) is 33.6 Å². The van der Waals surface area contributed by atoms with Crippen LogP contribution in [0.3, 0.4) is 0 Å². The minimum absolute atomic E-state index is 0.0635. The van der Waals surface area contributed by atoms with E-state index < -0.39 is 26.8 Å². The van der Waals surface area contributed by atoms with Gasteiger partial charge in [-0.2, -0.15) is 13.2 Å². The SMILES string of the molecule is O=S(=O)(NCc1ccc(Cl)c(C(F)(F)F)c1)c1c(Cl)sc(Cl)c1Br. The molecule has 12 heteroatoms. The Bertz CT molecular complexity index is 884. The van der Waals surface area contributed by atoms with Crippen LogP contribution in [0.5, 0.6) is 0 Å². The van der Waals surface area contributed by atoms with E-state index in [-0.39, 0.29) is 30.1 Å². The number of alkyl halides is 3. The van der Waals surface area contributed by atoms with Crippen molar-refractivity contribution < 1.29 is 21.6 Å². The number of thiophene rings is 1. The van der Waals surface area contributed by atoms with Gasteiger partial charge in [-0.15, -0.1) is 11.3 Å². The highest BCUT2D eigenvalue weighted by Gasteiger charge is 2.33. The van der Waals surface area contributed by atoms with Crippen molar-refractivity contribution >= 4 is 72.1 Å². The Hall–Kier alpha value is -0.0300. The molecule has 1 N–H and O–H groups in total. The molecular weight excluding hydrogens is 498 g/mol. The number of rotatable bonds is 4. The van der Waals surface area contributed by atoms with Crippen LogP contribution in [0.25, 0.3) is 0 Å². The van der Waals surface area contributed by atoms with Crippen molar-refractivity contribution in [3.05, 3.63) is 47.5 Å². The normalized spacial score (nSPS) is 12.6. The summed E-state index contributed by atoms with van der Waals surface area (Å²) in [6.45, 7) is -0.376. The summed E-state index contributed by atoms with van der Waals surface area (Å²) in [4.78, 5) is -0.260. The summed E-state index contributed by atoms with van der Waals surface area (Å²) >= 11 is 21.0. The highest BCUT2D eigenvalue weighted by atomic mass is 79.9. The Kier molecular flexibility index (Phi) is 6.17. The molecule has 0 aliphatic heterocycles. The van der Waals surface area contributed by atoms with E-state index in [0.717, 1.165) is 23.5 Å². The molecule has 0 saturated heterocycles. The van der Waals surface area contributed by atoms with Crippen molar-refractivity contribution in [3.8, 4) is 0 Å². The lowest BCUT2D eigenvalue weighted by Crippen LogP contribution is -2.23. The maximum Gasteiger partial charge on any atom is 0.417 e. The molecule has 1 aromatic carbocycles. The van der Waals surface area contributed by atoms with E-state index in [9.17, 15) is 21.6 Å². The highest BCUT2D eigenvalue weighted by molar-refractivity contribution is 9.10. The fourth-order valence-corrected chi connectivity index (χ4v) is 6.51. The molecule has 0 aliphatic rings. The van der Waals surface area contributed by atoms with Crippen molar-refractivity contribution in [1.82, 2.24) is 4.72 Å². The first kappa shape index (κ1) is 20.3. The van der Waals surface area contributed by atoms with Crippen LogP contribution in [0.2, 0.25) is 13.7 Å². The van der Waals surface area contributed by atoms with Gasteiger partial charge >= 0.3 is 6.18 Å². The Morgan fingerprint density at radius 3 is 2.29 bits per heavy atom. The van der Waals surface area contributed by atoms with Gasteiger partial charge in [0.25, 0.3) is 0 Å². The second kappa shape index (κ2) is 7.30. The second-order valence-corrected chi connectivity index (χ2v) is 9.56. The number of hydrogen-bond donors (Lipinski definition) is 1. The number of sulfonamides is 1. The summed E-state index contributed by atoms with van der Waals surface area (Å²) in [7, 11) is -4.07. The topological polar surface area (TPSA) is 46.2 Å². The highest BCUT2D eigenvalue weighted by Crippen LogP contribution is 2.43. The summed E-state index contributed by atoms with van der Waals surface area (Å²) in [6, 6.07) is 3.12. The summed E-state index contributed by atoms with van der Waals surface area (Å²) in [5.74, 6) is 0. The molecule has 2 aromatic rings. The Morgan fingerprint density at radius 2 is 1.79 bits per heavy atom. The number of benzene rings is 1. The Morgan fingerprint density at radius 1 is 1.17 bits per heavy atom. The number of nitrogens with one attached hydrogen (secondary N) is 1. The third kappa shape index (κ3) is 4.38. The Labute approximate surface area is 162 Å². The zero-order chi connectivity index (χ0) is 18.3. The van der Waals surface area contributed by atoms with E-state index in [2.05, 4.69) is 20.7 Å².